The molecule has 2 fully saturated rings. The molecule has 0 saturated carbocycles. The molecule has 0 amide bonds. The fraction of sp³-hybridized carbons (Fsp3) is 0.647. The average Bonchev–Trinajstić information content (AvgIpc) is 2.39. The van der Waals surface area contributed by atoms with E-state index in [1.165, 1.54) is 51.1 Å². The van der Waals surface area contributed by atoms with Crippen LogP contribution in [0.4, 0.5) is 0 Å². The van der Waals surface area contributed by atoms with E-state index in [9.17, 15) is 0 Å². The molecule has 2 aliphatic heterocycles. The van der Waals surface area contributed by atoms with Gasteiger partial charge in [0.25, 0.3) is 0 Å². The van der Waals surface area contributed by atoms with E-state index in [-0.39, 0.29) is 0 Å². The lowest BCUT2D eigenvalue weighted by molar-refractivity contribution is 0.0798. The molecular formula is C17H26N2. The fourth-order valence-electron chi connectivity index (χ4n) is 3.60. The second kappa shape index (κ2) is 5.64. The first kappa shape index (κ1) is 13.1. The quantitative estimate of drug-likeness (QED) is 0.822. The van der Waals surface area contributed by atoms with Crippen molar-refractivity contribution in [3.8, 4) is 0 Å². The molecule has 0 aliphatic carbocycles. The van der Waals surface area contributed by atoms with E-state index in [1.54, 1.807) is 5.56 Å². The van der Waals surface area contributed by atoms with Gasteiger partial charge in [-0.3, -0.25) is 0 Å². The van der Waals surface area contributed by atoms with Crippen LogP contribution in [0.3, 0.4) is 0 Å². The van der Waals surface area contributed by atoms with Crippen molar-refractivity contribution >= 4 is 0 Å². The van der Waals surface area contributed by atoms with Gasteiger partial charge in [0.05, 0.1) is 0 Å². The molecule has 0 bridgehead atoms. The Morgan fingerprint density at radius 3 is 2.26 bits per heavy atom. The van der Waals surface area contributed by atoms with E-state index in [1.807, 2.05) is 0 Å². The molecule has 2 heteroatoms. The van der Waals surface area contributed by atoms with Crippen molar-refractivity contribution in [1.82, 2.24) is 9.80 Å². The molecule has 104 valence electrons. The number of aryl methyl sites for hydroxylation is 1. The first-order valence-electron chi connectivity index (χ1n) is 7.68. The van der Waals surface area contributed by atoms with Crippen LogP contribution in [0.25, 0.3) is 0 Å². The summed E-state index contributed by atoms with van der Waals surface area (Å²) in [5.41, 5.74) is 2.92. The molecule has 0 aromatic heterocycles. The summed E-state index contributed by atoms with van der Waals surface area (Å²) in [6.45, 7) is 8.68. The van der Waals surface area contributed by atoms with Gasteiger partial charge in [0.15, 0.2) is 0 Å². The van der Waals surface area contributed by atoms with Crippen molar-refractivity contribution in [2.45, 2.75) is 25.7 Å². The van der Waals surface area contributed by atoms with Gasteiger partial charge >= 0.3 is 0 Å². The van der Waals surface area contributed by atoms with Gasteiger partial charge in [-0.05, 0) is 57.3 Å². The maximum Gasteiger partial charge on any atom is 0.00342 e. The Hall–Kier alpha value is -0.860. The summed E-state index contributed by atoms with van der Waals surface area (Å²) in [7, 11) is 2.22. The molecule has 2 heterocycles. The predicted molar refractivity (Wildman–Crippen MR) is 80.6 cm³/mol. The number of hydrogen-bond acceptors (Lipinski definition) is 2. The summed E-state index contributed by atoms with van der Waals surface area (Å²) in [4.78, 5) is 5.10. The standard InChI is InChI=1S/C17H26N2/c1-14-3-5-16(6-4-14)17-7-9-19(10-8-17)13-15-11-18(2)12-15/h3-6,15,17H,7-13H2,1-2H3. The van der Waals surface area contributed by atoms with Crippen molar-refractivity contribution in [2.75, 3.05) is 39.8 Å². The highest BCUT2D eigenvalue weighted by Gasteiger charge is 2.27. The molecular weight excluding hydrogens is 232 g/mol. The predicted octanol–water partition coefficient (Wildman–Crippen LogP) is 2.74. The first-order valence-corrected chi connectivity index (χ1v) is 7.68. The molecule has 0 N–H and O–H groups in total. The zero-order valence-corrected chi connectivity index (χ0v) is 12.3. The molecule has 0 atom stereocenters. The van der Waals surface area contributed by atoms with Gasteiger partial charge < -0.3 is 9.80 Å². The normalized spacial score (nSPS) is 23.5. The highest BCUT2D eigenvalue weighted by molar-refractivity contribution is 5.24. The van der Waals surface area contributed by atoms with Gasteiger partial charge in [0.2, 0.25) is 0 Å². The van der Waals surface area contributed by atoms with Crippen LogP contribution in [0.1, 0.15) is 29.9 Å². The van der Waals surface area contributed by atoms with Crippen LogP contribution in [0.2, 0.25) is 0 Å². The van der Waals surface area contributed by atoms with Gasteiger partial charge in [0.1, 0.15) is 0 Å². The molecule has 2 aliphatic rings. The van der Waals surface area contributed by atoms with Crippen LogP contribution in [0, 0.1) is 12.8 Å². The molecule has 1 aromatic rings. The third-order valence-corrected chi connectivity index (χ3v) is 4.79. The monoisotopic (exact) mass is 258 g/mol. The lowest BCUT2D eigenvalue weighted by atomic mass is 9.88. The van der Waals surface area contributed by atoms with Crippen molar-refractivity contribution in [3.63, 3.8) is 0 Å². The van der Waals surface area contributed by atoms with Crippen LogP contribution < -0.4 is 0 Å². The molecule has 3 rings (SSSR count). The number of hydrogen-bond donors (Lipinski definition) is 0. The number of piperidine rings is 1. The fourth-order valence-corrected chi connectivity index (χ4v) is 3.60. The van der Waals surface area contributed by atoms with Crippen molar-refractivity contribution in [2.24, 2.45) is 5.92 Å². The summed E-state index contributed by atoms with van der Waals surface area (Å²) < 4.78 is 0. The minimum absolute atomic E-state index is 0.793. The first-order chi connectivity index (χ1) is 9.20. The maximum atomic E-state index is 2.68. The van der Waals surface area contributed by atoms with Crippen LogP contribution >= 0.6 is 0 Å². The maximum absolute atomic E-state index is 2.68. The Bertz CT molecular complexity index is 398. The largest absolute Gasteiger partial charge is 0.306 e. The van der Waals surface area contributed by atoms with Crippen molar-refractivity contribution in [3.05, 3.63) is 35.4 Å². The third kappa shape index (κ3) is 3.18. The Kier molecular flexibility index (Phi) is 3.90. The van der Waals surface area contributed by atoms with E-state index in [0.717, 1.165) is 11.8 Å². The Balaban J connectivity index is 1.47. The third-order valence-electron chi connectivity index (χ3n) is 4.79. The summed E-state index contributed by atoms with van der Waals surface area (Å²) in [6.07, 6.45) is 2.68. The zero-order valence-electron chi connectivity index (χ0n) is 12.3. The lowest BCUT2D eigenvalue weighted by Gasteiger charge is -2.41. The van der Waals surface area contributed by atoms with Crippen LogP contribution in [0.5, 0.6) is 0 Å². The van der Waals surface area contributed by atoms with E-state index in [0.29, 0.717) is 0 Å². The minimum atomic E-state index is 0.793. The van der Waals surface area contributed by atoms with Crippen molar-refractivity contribution < 1.29 is 0 Å². The lowest BCUT2D eigenvalue weighted by Crippen LogP contribution is -2.50. The van der Waals surface area contributed by atoms with Crippen LogP contribution in [-0.4, -0.2) is 49.6 Å². The zero-order chi connectivity index (χ0) is 13.2. The van der Waals surface area contributed by atoms with Gasteiger partial charge in [-0.2, -0.15) is 0 Å². The minimum Gasteiger partial charge on any atom is -0.306 e. The SMILES string of the molecule is Cc1ccc(C2CCN(CC3CN(C)C3)CC2)cc1. The highest BCUT2D eigenvalue weighted by Crippen LogP contribution is 2.29. The molecule has 0 spiro atoms. The number of likely N-dealkylation sites (tertiary alicyclic amines) is 2. The summed E-state index contributed by atoms with van der Waals surface area (Å²) in [6, 6.07) is 9.17. The van der Waals surface area contributed by atoms with Gasteiger partial charge in [0, 0.05) is 19.6 Å². The Morgan fingerprint density at radius 1 is 1.05 bits per heavy atom. The van der Waals surface area contributed by atoms with Gasteiger partial charge in [-0.15, -0.1) is 0 Å². The molecule has 1 aromatic carbocycles. The van der Waals surface area contributed by atoms with Crippen molar-refractivity contribution in [1.29, 1.82) is 0 Å². The smallest absolute Gasteiger partial charge is 0.00342 e. The topological polar surface area (TPSA) is 6.48 Å². The van der Waals surface area contributed by atoms with E-state index in [4.69, 9.17) is 0 Å². The van der Waals surface area contributed by atoms with Gasteiger partial charge in [-0.1, -0.05) is 29.8 Å². The second-order valence-electron chi connectivity index (χ2n) is 6.57. The Labute approximate surface area is 117 Å². The molecule has 0 radical (unpaired) electrons. The second-order valence-corrected chi connectivity index (χ2v) is 6.57. The number of rotatable bonds is 3. The highest BCUT2D eigenvalue weighted by atomic mass is 15.2. The summed E-state index contributed by atoms with van der Waals surface area (Å²) in [5.74, 6) is 1.72. The van der Waals surface area contributed by atoms with Crippen LogP contribution in [-0.2, 0) is 0 Å². The molecule has 0 unspecified atom stereocenters. The molecule has 2 saturated heterocycles. The number of benzene rings is 1. The summed E-state index contributed by atoms with van der Waals surface area (Å²) >= 11 is 0. The molecule has 2 nitrogen and oxygen atoms in total. The average molecular weight is 258 g/mol. The molecule has 19 heavy (non-hydrogen) atoms. The van der Waals surface area contributed by atoms with Crippen LogP contribution in [0.15, 0.2) is 24.3 Å². The summed E-state index contributed by atoms with van der Waals surface area (Å²) in [5, 5.41) is 0. The Morgan fingerprint density at radius 2 is 1.68 bits per heavy atom. The number of nitrogens with zero attached hydrogens (tertiary/aromatic N) is 2. The van der Waals surface area contributed by atoms with E-state index < -0.39 is 0 Å². The van der Waals surface area contributed by atoms with Gasteiger partial charge in [-0.25, -0.2) is 0 Å². The van der Waals surface area contributed by atoms with E-state index >= 15 is 0 Å². The van der Waals surface area contributed by atoms with E-state index in [2.05, 4.69) is 48.0 Å².